The first-order chi connectivity index (χ1) is 6.02. The summed E-state index contributed by atoms with van der Waals surface area (Å²) >= 11 is 0. The van der Waals surface area contributed by atoms with Gasteiger partial charge in [-0.3, -0.25) is 4.79 Å². The lowest BCUT2D eigenvalue weighted by Crippen LogP contribution is -2.38. The van der Waals surface area contributed by atoms with Gasteiger partial charge in [-0.05, 0) is 13.8 Å². The monoisotopic (exact) mass is 190 g/mol. The van der Waals surface area contributed by atoms with Crippen molar-refractivity contribution in [3.63, 3.8) is 0 Å². The number of nitriles is 1. The third-order valence-electron chi connectivity index (χ3n) is 1.59. The topological polar surface area (TPSA) is 44.1 Å². The van der Waals surface area contributed by atoms with Crippen molar-refractivity contribution < 1.29 is 13.6 Å². The molecule has 5 heteroatoms. The van der Waals surface area contributed by atoms with Crippen molar-refractivity contribution in [1.82, 2.24) is 4.90 Å². The molecule has 0 aliphatic rings. The van der Waals surface area contributed by atoms with E-state index < -0.39 is 18.3 Å². The number of nitrogens with zero attached hydrogens (tertiary/aromatic N) is 2. The summed E-state index contributed by atoms with van der Waals surface area (Å²) in [5.74, 6) is -1.62. The molecular weight excluding hydrogens is 178 g/mol. The molecular formula is C8H12F2N2O. The molecule has 1 amide bonds. The second-order valence-corrected chi connectivity index (χ2v) is 2.71. The highest BCUT2D eigenvalue weighted by atomic mass is 19.3. The number of carbonyl (C=O) groups is 1. The number of carbonyl (C=O) groups excluding carboxylic acids is 1. The Hall–Kier alpha value is -1.18. The van der Waals surface area contributed by atoms with Crippen molar-refractivity contribution >= 4 is 5.91 Å². The summed E-state index contributed by atoms with van der Waals surface area (Å²) in [5, 5.41) is 8.42. The van der Waals surface area contributed by atoms with Crippen molar-refractivity contribution in [2.75, 3.05) is 13.1 Å². The molecule has 0 fully saturated rings. The van der Waals surface area contributed by atoms with Crippen LogP contribution in [-0.4, -0.2) is 30.3 Å². The van der Waals surface area contributed by atoms with Gasteiger partial charge in [-0.1, -0.05) is 0 Å². The maximum absolute atomic E-state index is 11.9. The van der Waals surface area contributed by atoms with Crippen LogP contribution in [0.2, 0.25) is 0 Å². The second-order valence-electron chi connectivity index (χ2n) is 2.71. The third-order valence-corrected chi connectivity index (χ3v) is 1.59. The Bertz CT molecular complexity index is 213. The molecule has 0 aromatic carbocycles. The normalized spacial score (nSPS) is 12.3. The van der Waals surface area contributed by atoms with Gasteiger partial charge in [-0.25, -0.2) is 0 Å². The van der Waals surface area contributed by atoms with Crippen molar-refractivity contribution in [3.05, 3.63) is 0 Å². The van der Waals surface area contributed by atoms with E-state index in [1.807, 2.05) is 6.07 Å². The lowest BCUT2D eigenvalue weighted by atomic mass is 10.2. The Labute approximate surface area is 75.9 Å². The van der Waals surface area contributed by atoms with Crippen LogP contribution in [0.1, 0.15) is 13.8 Å². The van der Waals surface area contributed by atoms with Crippen LogP contribution in [-0.2, 0) is 4.79 Å². The fourth-order valence-corrected chi connectivity index (χ4v) is 0.884. The molecule has 74 valence electrons. The van der Waals surface area contributed by atoms with E-state index in [1.54, 1.807) is 13.8 Å². The number of rotatable bonds is 4. The van der Waals surface area contributed by atoms with Gasteiger partial charge < -0.3 is 4.90 Å². The van der Waals surface area contributed by atoms with E-state index in [4.69, 9.17) is 5.26 Å². The molecule has 13 heavy (non-hydrogen) atoms. The largest absolute Gasteiger partial charge is 0.337 e. The zero-order chi connectivity index (χ0) is 10.4. The molecule has 0 saturated heterocycles. The Morgan fingerprint density at radius 2 is 2.15 bits per heavy atom. The predicted octanol–water partition coefficient (Wildman–Crippen LogP) is 1.26. The molecule has 3 nitrogen and oxygen atoms in total. The van der Waals surface area contributed by atoms with Gasteiger partial charge in [0.1, 0.15) is 0 Å². The smallest absolute Gasteiger partial charge is 0.315 e. The summed E-state index contributed by atoms with van der Waals surface area (Å²) in [4.78, 5) is 11.8. The van der Waals surface area contributed by atoms with Crippen LogP contribution in [0.4, 0.5) is 8.78 Å². The summed E-state index contributed by atoms with van der Waals surface area (Å²) in [7, 11) is 0. The maximum Gasteiger partial charge on any atom is 0.315 e. The first-order valence-electron chi connectivity index (χ1n) is 3.99. The molecule has 0 radical (unpaired) electrons. The van der Waals surface area contributed by atoms with Crippen molar-refractivity contribution in [1.29, 1.82) is 5.26 Å². The molecule has 0 spiro atoms. The lowest BCUT2D eigenvalue weighted by Gasteiger charge is -2.21. The fraction of sp³-hybridized carbons (Fsp3) is 0.750. The minimum Gasteiger partial charge on any atom is -0.337 e. The van der Waals surface area contributed by atoms with E-state index in [-0.39, 0.29) is 13.1 Å². The van der Waals surface area contributed by atoms with Gasteiger partial charge in [0, 0.05) is 13.1 Å². The first-order valence-corrected chi connectivity index (χ1v) is 3.99. The third kappa shape index (κ3) is 3.83. The van der Waals surface area contributed by atoms with Gasteiger partial charge >= 0.3 is 6.43 Å². The molecule has 0 heterocycles. The average Bonchev–Trinajstić information content (AvgIpc) is 2.12. The standard InChI is InChI=1S/C8H12F2N2O/c1-3-12(5-6(2)4-11)8(13)7(9)10/h6-7H,3,5H2,1-2H3. The van der Waals surface area contributed by atoms with Crippen molar-refractivity contribution in [2.45, 2.75) is 20.3 Å². The summed E-state index contributed by atoms with van der Waals surface area (Å²) in [5.41, 5.74) is 0. The second kappa shape index (κ2) is 5.46. The van der Waals surface area contributed by atoms with Crippen LogP contribution < -0.4 is 0 Å². The van der Waals surface area contributed by atoms with Crippen molar-refractivity contribution in [2.24, 2.45) is 5.92 Å². The molecule has 0 bridgehead atoms. The van der Waals surface area contributed by atoms with E-state index in [0.717, 1.165) is 4.90 Å². The zero-order valence-electron chi connectivity index (χ0n) is 7.63. The number of amides is 1. The van der Waals surface area contributed by atoms with E-state index in [1.165, 1.54) is 0 Å². The average molecular weight is 190 g/mol. The SMILES string of the molecule is CCN(CC(C)C#N)C(=O)C(F)F. The van der Waals surface area contributed by atoms with E-state index in [0.29, 0.717) is 0 Å². The van der Waals surface area contributed by atoms with Gasteiger partial charge in [0.05, 0.1) is 12.0 Å². The first kappa shape index (κ1) is 11.8. The molecule has 0 rings (SSSR count). The highest BCUT2D eigenvalue weighted by Gasteiger charge is 2.22. The van der Waals surface area contributed by atoms with E-state index in [9.17, 15) is 13.6 Å². The molecule has 0 aromatic rings. The highest BCUT2D eigenvalue weighted by Crippen LogP contribution is 2.04. The highest BCUT2D eigenvalue weighted by molar-refractivity contribution is 5.79. The molecule has 1 atom stereocenters. The quantitative estimate of drug-likeness (QED) is 0.669. The van der Waals surface area contributed by atoms with Gasteiger partial charge in [0.25, 0.3) is 5.91 Å². The summed E-state index contributed by atoms with van der Waals surface area (Å²) in [6, 6.07) is 1.88. The molecule has 0 N–H and O–H groups in total. The summed E-state index contributed by atoms with van der Waals surface area (Å²) < 4.78 is 23.9. The lowest BCUT2D eigenvalue weighted by molar-refractivity contribution is -0.142. The Kier molecular flexibility index (Phi) is 4.97. The number of hydrogen-bond donors (Lipinski definition) is 0. The minimum absolute atomic E-state index is 0.0656. The van der Waals surface area contributed by atoms with Crippen LogP contribution in [0, 0.1) is 17.2 Å². The van der Waals surface area contributed by atoms with Gasteiger partial charge in [-0.15, -0.1) is 0 Å². The van der Waals surface area contributed by atoms with Crippen LogP contribution in [0.25, 0.3) is 0 Å². The maximum atomic E-state index is 11.9. The number of alkyl halides is 2. The molecule has 1 unspecified atom stereocenters. The number of hydrogen-bond acceptors (Lipinski definition) is 2. The molecule has 0 saturated carbocycles. The molecule has 0 aliphatic carbocycles. The summed E-state index contributed by atoms with van der Waals surface area (Å²) in [6.45, 7) is 3.46. The predicted molar refractivity (Wildman–Crippen MR) is 43.0 cm³/mol. The van der Waals surface area contributed by atoms with Gasteiger partial charge in [0.15, 0.2) is 0 Å². The summed E-state index contributed by atoms with van der Waals surface area (Å²) in [6.07, 6.45) is -2.98. The van der Waals surface area contributed by atoms with Crippen LogP contribution in [0.3, 0.4) is 0 Å². The zero-order valence-corrected chi connectivity index (χ0v) is 7.63. The Balaban J connectivity index is 4.20. The fourth-order valence-electron chi connectivity index (χ4n) is 0.884. The van der Waals surface area contributed by atoms with E-state index in [2.05, 4.69) is 0 Å². The molecule has 0 aliphatic heterocycles. The van der Waals surface area contributed by atoms with Crippen LogP contribution in [0.15, 0.2) is 0 Å². The Morgan fingerprint density at radius 1 is 1.62 bits per heavy atom. The van der Waals surface area contributed by atoms with Crippen LogP contribution >= 0.6 is 0 Å². The van der Waals surface area contributed by atoms with Crippen molar-refractivity contribution in [3.8, 4) is 6.07 Å². The van der Waals surface area contributed by atoms with Gasteiger partial charge in [-0.2, -0.15) is 14.0 Å². The molecule has 0 aromatic heterocycles. The van der Waals surface area contributed by atoms with Crippen LogP contribution in [0.5, 0.6) is 0 Å². The number of halogens is 2. The Morgan fingerprint density at radius 3 is 2.46 bits per heavy atom. The van der Waals surface area contributed by atoms with Gasteiger partial charge in [0.2, 0.25) is 0 Å². The minimum atomic E-state index is -2.98. The van der Waals surface area contributed by atoms with E-state index >= 15 is 0 Å².